The zero-order chi connectivity index (χ0) is 16.5. The molecule has 7 nitrogen and oxygen atoms in total. The fourth-order valence-electron chi connectivity index (χ4n) is 1.45. The Balaban J connectivity index is 4.57. The predicted octanol–water partition coefficient (Wildman–Crippen LogP) is 2.50. The third-order valence-electron chi connectivity index (χ3n) is 2.31. The lowest BCUT2D eigenvalue weighted by atomic mass is 10.2. The van der Waals surface area contributed by atoms with Gasteiger partial charge in [-0.2, -0.15) is 0 Å². The molecular formula is C13H28NO6P. The number of hydrogen-bond donors (Lipinski definition) is 1. The first-order chi connectivity index (χ1) is 9.62. The molecule has 0 amide bonds. The van der Waals surface area contributed by atoms with Crippen molar-refractivity contribution in [2.24, 2.45) is 0 Å². The van der Waals surface area contributed by atoms with Crippen molar-refractivity contribution in [3.63, 3.8) is 0 Å². The Morgan fingerprint density at radius 2 is 1.90 bits per heavy atom. The minimum Gasteiger partial charge on any atom is -0.469 e. The summed E-state index contributed by atoms with van der Waals surface area (Å²) in [6.07, 6.45) is 0.189. The Labute approximate surface area is 127 Å². The number of rotatable bonds is 10. The number of nitrogens with one attached hydrogen (secondary N) is 1. The van der Waals surface area contributed by atoms with E-state index in [1.54, 1.807) is 34.8 Å². The van der Waals surface area contributed by atoms with Crippen LogP contribution < -0.4 is 5.09 Å². The Hall–Kier alpha value is -0.460. The average molecular weight is 325 g/mol. The summed E-state index contributed by atoms with van der Waals surface area (Å²) >= 11 is 0. The number of hydrogen-bond acceptors (Lipinski definition) is 6. The molecule has 0 spiro atoms. The molecule has 0 radical (unpaired) electrons. The van der Waals surface area contributed by atoms with Crippen LogP contribution in [0.25, 0.3) is 0 Å². The van der Waals surface area contributed by atoms with E-state index in [-0.39, 0.29) is 12.4 Å². The van der Waals surface area contributed by atoms with E-state index in [4.69, 9.17) is 13.8 Å². The van der Waals surface area contributed by atoms with Crippen LogP contribution in [0.3, 0.4) is 0 Å². The van der Waals surface area contributed by atoms with Gasteiger partial charge in [-0.15, -0.1) is 0 Å². The summed E-state index contributed by atoms with van der Waals surface area (Å²) in [5, 5.41) is 2.76. The first kappa shape index (κ1) is 20.5. The number of carbonyl (C=O) groups excluding carboxylic acids is 1. The Morgan fingerprint density at radius 1 is 1.29 bits per heavy atom. The highest BCUT2D eigenvalue weighted by Crippen LogP contribution is 2.48. The molecule has 0 rings (SSSR count). The molecule has 8 heteroatoms. The van der Waals surface area contributed by atoms with Crippen LogP contribution in [0.15, 0.2) is 0 Å². The fraction of sp³-hybridized carbons (Fsp3) is 0.923. The van der Waals surface area contributed by atoms with E-state index in [2.05, 4.69) is 9.82 Å². The fourth-order valence-corrected chi connectivity index (χ4v) is 3.30. The molecule has 2 unspecified atom stereocenters. The normalized spacial score (nSPS) is 16.3. The maximum atomic E-state index is 12.7. The summed E-state index contributed by atoms with van der Waals surface area (Å²) in [5.74, 6) is -0.329. The van der Waals surface area contributed by atoms with E-state index in [1.807, 2.05) is 0 Å². The zero-order valence-electron chi connectivity index (χ0n) is 13.8. The second-order valence-electron chi connectivity index (χ2n) is 5.63. The second-order valence-corrected chi connectivity index (χ2v) is 7.34. The van der Waals surface area contributed by atoms with Gasteiger partial charge >= 0.3 is 13.7 Å². The lowest BCUT2D eigenvalue weighted by Gasteiger charge is -2.29. The lowest BCUT2D eigenvalue weighted by Crippen LogP contribution is -2.28. The maximum Gasteiger partial charge on any atom is 0.406 e. The molecule has 0 heterocycles. The molecule has 0 aromatic carbocycles. The van der Waals surface area contributed by atoms with E-state index < -0.39 is 19.5 Å². The van der Waals surface area contributed by atoms with Crippen molar-refractivity contribution in [3.05, 3.63) is 0 Å². The molecule has 0 aliphatic rings. The maximum absolute atomic E-state index is 12.7. The smallest absolute Gasteiger partial charge is 0.406 e. The minimum absolute atomic E-state index is 0.200. The molecule has 0 bridgehead atoms. The molecule has 0 aliphatic carbocycles. The van der Waals surface area contributed by atoms with Crippen LogP contribution in [0.1, 0.15) is 40.5 Å². The van der Waals surface area contributed by atoms with Gasteiger partial charge < -0.3 is 9.47 Å². The summed E-state index contributed by atoms with van der Waals surface area (Å²) in [6, 6.07) is 0. The van der Waals surface area contributed by atoms with Crippen LogP contribution in [0.5, 0.6) is 0 Å². The van der Waals surface area contributed by atoms with E-state index in [1.165, 1.54) is 7.11 Å². The molecule has 1 N–H and O–H groups in total. The average Bonchev–Trinajstić information content (AvgIpc) is 2.33. The van der Waals surface area contributed by atoms with Gasteiger partial charge in [0, 0.05) is 20.1 Å². The third kappa shape index (κ3) is 10.8. The minimum atomic E-state index is -3.48. The summed E-state index contributed by atoms with van der Waals surface area (Å²) in [4.78, 5) is 11.1. The number of methoxy groups -OCH3 is 2. The van der Waals surface area contributed by atoms with Gasteiger partial charge in [0.25, 0.3) is 0 Å². The third-order valence-corrected chi connectivity index (χ3v) is 4.34. The van der Waals surface area contributed by atoms with Crippen molar-refractivity contribution < 1.29 is 27.9 Å². The van der Waals surface area contributed by atoms with Gasteiger partial charge in [0.2, 0.25) is 0 Å². The Bertz CT molecular complexity index is 355. The monoisotopic (exact) mass is 325 g/mol. The van der Waals surface area contributed by atoms with Gasteiger partial charge in [-0.25, -0.2) is 9.65 Å². The molecule has 0 aliphatic heterocycles. The van der Waals surface area contributed by atoms with Crippen LogP contribution in [-0.4, -0.2) is 45.0 Å². The number of ether oxygens (including phenoxy) is 2. The van der Waals surface area contributed by atoms with Crippen LogP contribution in [0, 0.1) is 0 Å². The van der Waals surface area contributed by atoms with Gasteiger partial charge in [-0.3, -0.25) is 13.8 Å². The topological polar surface area (TPSA) is 83.1 Å². The standard InChI is InChI=1S/C13H28NO6P/c1-11(7-8-12(15)18-6)19-21(16,14-9-10-17-5)20-13(2,3)4/h11H,7-10H2,1-6H3,(H,14,16). The van der Waals surface area contributed by atoms with Crippen molar-refractivity contribution >= 4 is 13.7 Å². The van der Waals surface area contributed by atoms with Crippen molar-refractivity contribution in [3.8, 4) is 0 Å². The highest BCUT2D eigenvalue weighted by molar-refractivity contribution is 7.51. The highest BCUT2D eigenvalue weighted by Gasteiger charge is 2.32. The highest BCUT2D eigenvalue weighted by atomic mass is 31.2. The quantitative estimate of drug-likeness (QED) is 0.375. The van der Waals surface area contributed by atoms with Crippen LogP contribution >= 0.6 is 7.75 Å². The first-order valence-electron chi connectivity index (χ1n) is 6.92. The van der Waals surface area contributed by atoms with Crippen LogP contribution in [0.2, 0.25) is 0 Å². The lowest BCUT2D eigenvalue weighted by molar-refractivity contribution is -0.141. The van der Waals surface area contributed by atoms with E-state index >= 15 is 0 Å². The SMILES string of the molecule is COCCNP(=O)(OC(C)CCC(=O)OC)OC(C)(C)C. The summed E-state index contributed by atoms with van der Waals surface area (Å²) < 4.78 is 33.2. The Kier molecular flexibility index (Phi) is 9.33. The van der Waals surface area contributed by atoms with Crippen LogP contribution in [0.4, 0.5) is 0 Å². The predicted molar refractivity (Wildman–Crippen MR) is 80.1 cm³/mol. The number of esters is 1. The van der Waals surface area contributed by atoms with E-state index in [0.717, 1.165) is 0 Å². The number of carbonyl (C=O) groups is 1. The van der Waals surface area contributed by atoms with E-state index in [9.17, 15) is 9.36 Å². The molecule has 0 aromatic heterocycles. The summed E-state index contributed by atoms with van der Waals surface area (Å²) in [7, 11) is -0.597. The molecule has 126 valence electrons. The van der Waals surface area contributed by atoms with Crippen molar-refractivity contribution in [2.45, 2.75) is 52.2 Å². The van der Waals surface area contributed by atoms with Gasteiger partial charge in [-0.05, 0) is 34.1 Å². The van der Waals surface area contributed by atoms with Gasteiger partial charge in [0.1, 0.15) is 0 Å². The molecule has 0 fully saturated rings. The first-order valence-corrected chi connectivity index (χ1v) is 8.46. The van der Waals surface area contributed by atoms with E-state index in [0.29, 0.717) is 19.6 Å². The van der Waals surface area contributed by atoms with Crippen molar-refractivity contribution in [2.75, 3.05) is 27.4 Å². The Morgan fingerprint density at radius 3 is 2.38 bits per heavy atom. The molecule has 2 atom stereocenters. The van der Waals surface area contributed by atoms with Crippen LogP contribution in [-0.2, 0) is 27.9 Å². The molecule has 0 aromatic rings. The summed E-state index contributed by atoms with van der Waals surface area (Å²) in [5.41, 5.74) is -0.627. The molecule has 0 saturated heterocycles. The van der Waals surface area contributed by atoms with Gasteiger partial charge in [-0.1, -0.05) is 0 Å². The molecular weight excluding hydrogens is 297 g/mol. The van der Waals surface area contributed by atoms with Gasteiger partial charge in [0.15, 0.2) is 0 Å². The zero-order valence-corrected chi connectivity index (χ0v) is 14.7. The van der Waals surface area contributed by atoms with Crippen molar-refractivity contribution in [1.82, 2.24) is 5.09 Å². The van der Waals surface area contributed by atoms with Gasteiger partial charge in [0.05, 0.1) is 25.4 Å². The molecule has 0 saturated carbocycles. The second kappa shape index (κ2) is 9.54. The van der Waals surface area contributed by atoms with Crippen molar-refractivity contribution in [1.29, 1.82) is 0 Å². The molecule has 21 heavy (non-hydrogen) atoms. The summed E-state index contributed by atoms with van der Waals surface area (Å²) in [6.45, 7) is 7.84. The largest absolute Gasteiger partial charge is 0.469 e.